The number of Topliss-reactive ketones (excluding diaryl/α,β-unsaturated/α-hetero) is 1. The van der Waals surface area contributed by atoms with Crippen molar-refractivity contribution in [3.05, 3.63) is 29.8 Å². The van der Waals surface area contributed by atoms with E-state index in [1.54, 1.807) is 12.1 Å². The van der Waals surface area contributed by atoms with Crippen LogP contribution in [0.1, 0.15) is 58.4 Å². The maximum absolute atomic E-state index is 13.1. The number of ketones is 1. The van der Waals surface area contributed by atoms with Crippen LogP contribution in [-0.2, 0) is 20.2 Å². The Hall–Kier alpha value is -1.20. The van der Waals surface area contributed by atoms with Crippen LogP contribution in [0.2, 0.25) is 0 Å². The van der Waals surface area contributed by atoms with E-state index in [9.17, 15) is 13.2 Å². The summed E-state index contributed by atoms with van der Waals surface area (Å²) in [5.74, 6) is 0.102. The summed E-state index contributed by atoms with van der Waals surface area (Å²) in [5.41, 5.74) is 0.324. The van der Waals surface area contributed by atoms with Crippen molar-refractivity contribution in [3.8, 4) is 0 Å². The van der Waals surface area contributed by atoms with Crippen molar-refractivity contribution < 1.29 is 13.2 Å². The largest absolute Gasteiger partial charge is 0.298 e. The van der Waals surface area contributed by atoms with Crippen LogP contribution in [0.3, 0.4) is 0 Å². The lowest BCUT2D eigenvalue weighted by molar-refractivity contribution is -0.124. The summed E-state index contributed by atoms with van der Waals surface area (Å²) in [5, 5.41) is 0. The van der Waals surface area contributed by atoms with Crippen LogP contribution in [0, 0.1) is 0 Å². The van der Waals surface area contributed by atoms with Gasteiger partial charge in [-0.1, -0.05) is 32.9 Å². The zero-order valence-corrected chi connectivity index (χ0v) is 14.9. The van der Waals surface area contributed by atoms with Crippen LogP contribution in [-0.4, -0.2) is 30.6 Å². The molecule has 1 saturated carbocycles. The molecule has 0 N–H and O–H groups in total. The number of sulfonamides is 1. The third-order valence-electron chi connectivity index (χ3n) is 5.25. The van der Waals surface area contributed by atoms with Gasteiger partial charge in [0, 0.05) is 13.0 Å². The van der Waals surface area contributed by atoms with Gasteiger partial charge in [-0.2, -0.15) is 4.31 Å². The topological polar surface area (TPSA) is 54.5 Å². The molecule has 1 spiro atoms. The van der Waals surface area contributed by atoms with Gasteiger partial charge in [0.25, 0.3) is 0 Å². The summed E-state index contributed by atoms with van der Waals surface area (Å²) in [6, 6.07) is 7.13. The zero-order valence-electron chi connectivity index (χ0n) is 14.1. The van der Waals surface area contributed by atoms with Gasteiger partial charge in [-0.05, 0) is 48.8 Å². The van der Waals surface area contributed by atoms with Gasteiger partial charge >= 0.3 is 0 Å². The molecule has 23 heavy (non-hydrogen) atoms. The van der Waals surface area contributed by atoms with Crippen molar-refractivity contribution >= 4 is 15.8 Å². The molecule has 2 fully saturated rings. The predicted octanol–water partition coefficient (Wildman–Crippen LogP) is 3.26. The van der Waals surface area contributed by atoms with Crippen LogP contribution in [0.15, 0.2) is 29.2 Å². The van der Waals surface area contributed by atoms with Gasteiger partial charge in [-0.25, -0.2) is 8.42 Å². The van der Waals surface area contributed by atoms with Crippen LogP contribution >= 0.6 is 0 Å². The molecule has 1 aromatic carbocycles. The molecule has 1 saturated heterocycles. The summed E-state index contributed by atoms with van der Waals surface area (Å²) in [7, 11) is -3.61. The second-order valence-electron chi connectivity index (χ2n) is 7.76. The van der Waals surface area contributed by atoms with Crippen molar-refractivity contribution in [2.45, 2.75) is 68.7 Å². The van der Waals surface area contributed by atoms with E-state index in [0.717, 1.165) is 18.4 Å². The van der Waals surface area contributed by atoms with E-state index in [2.05, 4.69) is 20.8 Å². The molecule has 1 heterocycles. The Kier molecular flexibility index (Phi) is 3.92. The molecule has 1 unspecified atom stereocenters. The van der Waals surface area contributed by atoms with Gasteiger partial charge in [0.15, 0.2) is 5.78 Å². The summed E-state index contributed by atoms with van der Waals surface area (Å²) >= 11 is 0. The third kappa shape index (κ3) is 2.64. The van der Waals surface area contributed by atoms with E-state index in [0.29, 0.717) is 30.7 Å². The molecule has 0 bridgehead atoms. The lowest BCUT2D eigenvalue weighted by Gasteiger charge is -2.32. The monoisotopic (exact) mass is 335 g/mol. The summed E-state index contributed by atoms with van der Waals surface area (Å²) in [6.07, 6.45) is 3.42. The first-order valence-electron chi connectivity index (χ1n) is 8.35. The first kappa shape index (κ1) is 16.7. The van der Waals surface area contributed by atoms with Gasteiger partial charge in [-0.3, -0.25) is 4.79 Å². The Morgan fingerprint density at radius 1 is 1.04 bits per heavy atom. The predicted molar refractivity (Wildman–Crippen MR) is 89.9 cm³/mol. The Bertz CT molecular complexity index is 712. The summed E-state index contributed by atoms with van der Waals surface area (Å²) in [6.45, 7) is 6.75. The van der Waals surface area contributed by atoms with Crippen LogP contribution in [0.25, 0.3) is 0 Å². The van der Waals surface area contributed by atoms with Crippen molar-refractivity contribution in [2.24, 2.45) is 0 Å². The van der Waals surface area contributed by atoms with Gasteiger partial charge in [0.05, 0.1) is 10.4 Å². The highest BCUT2D eigenvalue weighted by molar-refractivity contribution is 7.89. The summed E-state index contributed by atoms with van der Waals surface area (Å²) < 4.78 is 27.6. The minimum atomic E-state index is -3.61. The Balaban J connectivity index is 1.97. The van der Waals surface area contributed by atoms with Crippen LogP contribution in [0.4, 0.5) is 0 Å². The molecule has 1 atom stereocenters. The van der Waals surface area contributed by atoms with Crippen LogP contribution < -0.4 is 0 Å². The summed E-state index contributed by atoms with van der Waals surface area (Å²) in [4.78, 5) is 12.7. The lowest BCUT2D eigenvalue weighted by Crippen LogP contribution is -2.50. The van der Waals surface area contributed by atoms with E-state index < -0.39 is 15.6 Å². The highest BCUT2D eigenvalue weighted by atomic mass is 32.2. The van der Waals surface area contributed by atoms with Gasteiger partial charge < -0.3 is 0 Å². The standard InChI is InChI=1S/C18H25NO3S/c1-17(2,3)14-7-9-15(10-8-14)23(21,22)19-13-5-12-18(19)11-4-6-16(18)20/h7-10H,4-6,11-13H2,1-3H3. The lowest BCUT2D eigenvalue weighted by atomic mass is 9.87. The van der Waals surface area contributed by atoms with Gasteiger partial charge in [0.2, 0.25) is 10.0 Å². The molecular weight excluding hydrogens is 310 g/mol. The zero-order chi connectivity index (χ0) is 16.9. The Labute approximate surface area is 138 Å². The molecule has 3 rings (SSSR count). The Morgan fingerprint density at radius 3 is 2.17 bits per heavy atom. The SMILES string of the molecule is CC(C)(C)c1ccc(S(=O)(=O)N2CCCC23CCCC3=O)cc1. The molecule has 1 aliphatic heterocycles. The molecule has 0 aromatic heterocycles. The van der Waals surface area contributed by atoms with E-state index >= 15 is 0 Å². The molecule has 5 heteroatoms. The molecule has 4 nitrogen and oxygen atoms in total. The van der Waals surface area contributed by atoms with E-state index in [4.69, 9.17) is 0 Å². The van der Waals surface area contributed by atoms with Crippen LogP contribution in [0.5, 0.6) is 0 Å². The van der Waals surface area contributed by atoms with Crippen molar-refractivity contribution in [1.82, 2.24) is 4.31 Å². The quantitative estimate of drug-likeness (QED) is 0.833. The minimum Gasteiger partial charge on any atom is -0.298 e. The molecule has 126 valence electrons. The molecule has 0 radical (unpaired) electrons. The maximum Gasteiger partial charge on any atom is 0.243 e. The van der Waals surface area contributed by atoms with Crippen molar-refractivity contribution in [2.75, 3.05) is 6.54 Å². The number of carbonyl (C=O) groups is 1. The van der Waals surface area contributed by atoms with Crippen molar-refractivity contribution in [1.29, 1.82) is 0 Å². The molecule has 1 aliphatic carbocycles. The van der Waals surface area contributed by atoms with Crippen molar-refractivity contribution in [3.63, 3.8) is 0 Å². The number of hydrogen-bond acceptors (Lipinski definition) is 3. The molecule has 2 aliphatic rings. The number of nitrogens with zero attached hydrogens (tertiary/aromatic N) is 1. The van der Waals surface area contributed by atoms with E-state index in [-0.39, 0.29) is 11.2 Å². The highest BCUT2D eigenvalue weighted by Crippen LogP contribution is 2.43. The second-order valence-corrected chi connectivity index (χ2v) is 9.63. The third-order valence-corrected chi connectivity index (χ3v) is 7.23. The van der Waals surface area contributed by atoms with E-state index in [1.165, 1.54) is 4.31 Å². The average molecular weight is 335 g/mol. The fourth-order valence-corrected chi connectivity index (χ4v) is 5.75. The minimum absolute atomic E-state index is 0.0153. The molecule has 1 aromatic rings. The smallest absolute Gasteiger partial charge is 0.243 e. The maximum atomic E-state index is 13.1. The number of benzene rings is 1. The molecule has 0 amide bonds. The van der Waals surface area contributed by atoms with Gasteiger partial charge in [0.1, 0.15) is 0 Å². The molecular formula is C18H25NO3S. The second kappa shape index (κ2) is 5.42. The first-order valence-corrected chi connectivity index (χ1v) is 9.79. The average Bonchev–Trinajstić information content (AvgIpc) is 3.07. The number of hydrogen-bond donors (Lipinski definition) is 0. The highest BCUT2D eigenvalue weighted by Gasteiger charge is 2.54. The fourth-order valence-electron chi connectivity index (χ4n) is 3.90. The first-order chi connectivity index (χ1) is 10.7. The fraction of sp³-hybridized carbons (Fsp3) is 0.611. The van der Waals surface area contributed by atoms with E-state index in [1.807, 2.05) is 12.1 Å². The van der Waals surface area contributed by atoms with Gasteiger partial charge in [-0.15, -0.1) is 0 Å². The normalized spacial score (nSPS) is 26.3. The number of rotatable bonds is 2. The Morgan fingerprint density at radius 2 is 1.65 bits per heavy atom. The number of carbonyl (C=O) groups excluding carboxylic acids is 1.